The molecule has 14 heavy (non-hydrogen) atoms. The van der Waals surface area contributed by atoms with E-state index in [-0.39, 0.29) is 11.8 Å². The highest BCUT2D eigenvalue weighted by Gasteiger charge is 2.42. The van der Waals surface area contributed by atoms with Crippen molar-refractivity contribution in [3.05, 3.63) is 28.2 Å². The first kappa shape index (κ1) is 8.48. The van der Waals surface area contributed by atoms with Crippen LogP contribution in [0.25, 0.3) is 0 Å². The molecule has 1 amide bonds. The number of rotatable bonds is 1. The lowest BCUT2D eigenvalue weighted by Gasteiger charge is -2.05. The smallest absolute Gasteiger partial charge is 0.232 e. The van der Waals surface area contributed by atoms with Crippen molar-refractivity contribution in [1.29, 1.82) is 0 Å². The lowest BCUT2D eigenvalue weighted by Crippen LogP contribution is -2.13. The van der Waals surface area contributed by atoms with Gasteiger partial charge in [-0.3, -0.25) is 4.79 Å². The maximum atomic E-state index is 11.7. The van der Waals surface area contributed by atoms with E-state index in [9.17, 15) is 4.79 Å². The topological polar surface area (TPSA) is 29.1 Å². The van der Waals surface area contributed by atoms with Gasteiger partial charge in [0.2, 0.25) is 5.91 Å². The molecule has 1 unspecified atom stereocenters. The number of amides is 1. The largest absolute Gasteiger partial charge is 0.324 e. The maximum absolute atomic E-state index is 11.7. The molecule has 3 heteroatoms. The predicted molar refractivity (Wildman–Crippen MR) is 58.2 cm³/mol. The third-order valence-electron chi connectivity index (χ3n) is 3.00. The van der Waals surface area contributed by atoms with Crippen molar-refractivity contribution in [3.8, 4) is 0 Å². The summed E-state index contributed by atoms with van der Waals surface area (Å²) in [6, 6.07) is 6.02. The summed E-state index contributed by atoms with van der Waals surface area (Å²) in [4.78, 5) is 11.7. The van der Waals surface area contributed by atoms with Gasteiger partial charge in [0.25, 0.3) is 0 Å². The Balaban J connectivity index is 2.12. The lowest BCUT2D eigenvalue weighted by molar-refractivity contribution is -0.117. The van der Waals surface area contributed by atoms with Gasteiger partial charge in [-0.25, -0.2) is 0 Å². The van der Waals surface area contributed by atoms with Crippen LogP contribution in [0.2, 0.25) is 0 Å². The van der Waals surface area contributed by atoms with Crippen LogP contribution in [0.4, 0.5) is 5.69 Å². The average Bonchev–Trinajstić information content (AvgIpc) is 2.91. The van der Waals surface area contributed by atoms with Crippen LogP contribution >= 0.6 is 15.9 Å². The Hall–Kier alpha value is -0.830. The fraction of sp³-hybridized carbons (Fsp3) is 0.364. The van der Waals surface area contributed by atoms with Gasteiger partial charge in [0.05, 0.1) is 11.6 Å². The van der Waals surface area contributed by atoms with E-state index in [0.717, 1.165) is 10.2 Å². The standard InChI is InChI=1S/C11H10BrNO/c12-8-3-1-2-7-9(6-4-5-6)11(14)13-10(7)8/h1-3,6,9H,4-5H2,(H,13,14). The van der Waals surface area contributed by atoms with Crippen LogP contribution in [-0.4, -0.2) is 5.91 Å². The van der Waals surface area contributed by atoms with Crippen LogP contribution in [0.15, 0.2) is 22.7 Å². The molecule has 0 spiro atoms. The molecule has 3 rings (SSSR count). The Bertz CT molecular complexity index is 412. The van der Waals surface area contributed by atoms with Crippen LogP contribution in [0.3, 0.4) is 0 Å². The minimum absolute atomic E-state index is 0.113. The summed E-state index contributed by atoms with van der Waals surface area (Å²) in [5.74, 6) is 0.877. The second-order valence-electron chi connectivity index (χ2n) is 4.01. The number of anilines is 1. The summed E-state index contributed by atoms with van der Waals surface area (Å²) in [5, 5.41) is 2.95. The number of carbonyl (C=O) groups is 1. The number of para-hydroxylation sites is 1. The van der Waals surface area contributed by atoms with Crippen molar-refractivity contribution in [1.82, 2.24) is 0 Å². The zero-order valence-electron chi connectivity index (χ0n) is 7.59. The lowest BCUT2D eigenvalue weighted by atomic mass is 9.96. The number of hydrogen-bond donors (Lipinski definition) is 1. The molecule has 0 bridgehead atoms. The van der Waals surface area contributed by atoms with E-state index < -0.39 is 0 Å². The van der Waals surface area contributed by atoms with Crippen molar-refractivity contribution in [3.63, 3.8) is 0 Å². The first-order chi connectivity index (χ1) is 6.77. The van der Waals surface area contributed by atoms with Crippen molar-refractivity contribution in [2.45, 2.75) is 18.8 Å². The predicted octanol–water partition coefficient (Wildman–Crippen LogP) is 2.89. The fourth-order valence-electron chi connectivity index (χ4n) is 2.17. The summed E-state index contributed by atoms with van der Waals surface area (Å²) < 4.78 is 0.992. The summed E-state index contributed by atoms with van der Waals surface area (Å²) in [7, 11) is 0. The monoisotopic (exact) mass is 251 g/mol. The highest BCUT2D eigenvalue weighted by atomic mass is 79.9. The number of hydrogen-bond acceptors (Lipinski definition) is 1. The Morgan fingerprint density at radius 1 is 1.36 bits per heavy atom. The molecule has 1 aliphatic heterocycles. The van der Waals surface area contributed by atoms with E-state index in [1.54, 1.807) is 0 Å². The Labute approximate surface area is 90.8 Å². The van der Waals surface area contributed by atoms with Gasteiger partial charge in [-0.05, 0) is 46.3 Å². The van der Waals surface area contributed by atoms with Gasteiger partial charge < -0.3 is 5.32 Å². The summed E-state index contributed by atoms with van der Waals surface area (Å²) in [6.07, 6.45) is 2.40. The molecule has 2 aliphatic rings. The molecule has 1 N–H and O–H groups in total. The Morgan fingerprint density at radius 3 is 2.86 bits per heavy atom. The number of halogens is 1. The number of fused-ring (bicyclic) bond motifs is 1. The molecule has 1 fully saturated rings. The van der Waals surface area contributed by atoms with E-state index in [0.29, 0.717) is 5.92 Å². The van der Waals surface area contributed by atoms with Crippen LogP contribution in [-0.2, 0) is 4.79 Å². The van der Waals surface area contributed by atoms with Crippen molar-refractivity contribution >= 4 is 27.5 Å². The molecule has 1 aliphatic carbocycles. The fourth-order valence-corrected chi connectivity index (χ4v) is 2.65. The first-order valence-corrected chi connectivity index (χ1v) is 5.66. The highest BCUT2D eigenvalue weighted by Crippen LogP contribution is 2.49. The Kier molecular flexibility index (Phi) is 1.71. The third kappa shape index (κ3) is 1.12. The van der Waals surface area contributed by atoms with Gasteiger partial charge in [-0.2, -0.15) is 0 Å². The molecule has 1 saturated carbocycles. The quantitative estimate of drug-likeness (QED) is 0.818. The van der Waals surface area contributed by atoms with E-state index in [1.807, 2.05) is 12.1 Å². The molecule has 0 aromatic heterocycles. The minimum Gasteiger partial charge on any atom is -0.324 e. The van der Waals surface area contributed by atoms with Gasteiger partial charge in [0.15, 0.2) is 0 Å². The second kappa shape index (κ2) is 2.83. The molecular weight excluding hydrogens is 242 g/mol. The van der Waals surface area contributed by atoms with Crippen LogP contribution < -0.4 is 5.32 Å². The van der Waals surface area contributed by atoms with Crippen molar-refractivity contribution < 1.29 is 4.79 Å². The van der Waals surface area contributed by atoms with Crippen molar-refractivity contribution in [2.75, 3.05) is 5.32 Å². The van der Waals surface area contributed by atoms with Gasteiger partial charge in [-0.15, -0.1) is 0 Å². The van der Waals surface area contributed by atoms with Gasteiger partial charge in [-0.1, -0.05) is 12.1 Å². The van der Waals surface area contributed by atoms with Crippen LogP contribution in [0, 0.1) is 5.92 Å². The molecule has 72 valence electrons. The van der Waals surface area contributed by atoms with Gasteiger partial charge in [0, 0.05) is 4.47 Å². The Morgan fingerprint density at radius 2 is 2.14 bits per heavy atom. The second-order valence-corrected chi connectivity index (χ2v) is 4.86. The van der Waals surface area contributed by atoms with Crippen LogP contribution in [0.5, 0.6) is 0 Å². The molecule has 0 radical (unpaired) electrons. The van der Waals surface area contributed by atoms with E-state index in [4.69, 9.17) is 0 Å². The van der Waals surface area contributed by atoms with E-state index in [1.165, 1.54) is 18.4 Å². The van der Waals surface area contributed by atoms with E-state index >= 15 is 0 Å². The summed E-state index contributed by atoms with van der Waals surface area (Å²) >= 11 is 3.46. The van der Waals surface area contributed by atoms with E-state index in [2.05, 4.69) is 27.3 Å². The number of benzene rings is 1. The normalized spacial score (nSPS) is 24.6. The van der Waals surface area contributed by atoms with Gasteiger partial charge in [0.1, 0.15) is 0 Å². The molecule has 1 heterocycles. The molecular formula is C11H10BrNO. The molecule has 2 nitrogen and oxygen atoms in total. The summed E-state index contributed by atoms with van der Waals surface area (Å²) in [5.41, 5.74) is 2.15. The minimum atomic E-state index is 0.113. The maximum Gasteiger partial charge on any atom is 0.232 e. The average molecular weight is 252 g/mol. The molecule has 1 aromatic rings. The van der Waals surface area contributed by atoms with Gasteiger partial charge >= 0.3 is 0 Å². The number of nitrogens with one attached hydrogen (secondary N) is 1. The number of carbonyl (C=O) groups excluding carboxylic acids is 1. The molecule has 1 aromatic carbocycles. The zero-order valence-corrected chi connectivity index (χ0v) is 9.17. The summed E-state index contributed by atoms with van der Waals surface area (Å²) in [6.45, 7) is 0. The third-order valence-corrected chi connectivity index (χ3v) is 3.67. The molecule has 1 atom stereocenters. The van der Waals surface area contributed by atoms with Crippen molar-refractivity contribution in [2.24, 2.45) is 5.92 Å². The molecule has 0 saturated heterocycles. The van der Waals surface area contributed by atoms with Crippen LogP contribution in [0.1, 0.15) is 24.3 Å². The zero-order chi connectivity index (χ0) is 9.71. The SMILES string of the molecule is O=C1Nc2c(Br)cccc2C1C1CC1. The highest BCUT2D eigenvalue weighted by molar-refractivity contribution is 9.10. The first-order valence-electron chi connectivity index (χ1n) is 4.86.